The van der Waals surface area contributed by atoms with Crippen LogP contribution in [0.4, 0.5) is 0 Å². The van der Waals surface area contributed by atoms with Crippen molar-refractivity contribution in [3.05, 3.63) is 0 Å². The number of rotatable bonds is 3. The minimum Gasteiger partial charge on any atom is -0.298 e. The second kappa shape index (κ2) is 5.02. The quantitative estimate of drug-likeness (QED) is 0.775. The SMILES string of the molecule is CC(C)(C)N1CCC(CCS(=O)(=O)O)CC1. The third-order valence-corrected chi connectivity index (χ3v) is 4.10. The maximum Gasteiger partial charge on any atom is 0.264 e. The van der Waals surface area contributed by atoms with Gasteiger partial charge in [-0.15, -0.1) is 0 Å². The lowest BCUT2D eigenvalue weighted by molar-refractivity contribution is 0.0867. The maximum atomic E-state index is 10.6. The predicted octanol–water partition coefficient (Wildman–Crippen LogP) is 1.77. The molecule has 0 aliphatic carbocycles. The molecule has 0 atom stereocenters. The first-order valence-electron chi connectivity index (χ1n) is 5.89. The van der Waals surface area contributed by atoms with Gasteiger partial charge in [0.15, 0.2) is 0 Å². The van der Waals surface area contributed by atoms with Crippen LogP contribution in [0.25, 0.3) is 0 Å². The van der Waals surface area contributed by atoms with Gasteiger partial charge in [-0.2, -0.15) is 8.42 Å². The highest BCUT2D eigenvalue weighted by Gasteiger charge is 2.27. The van der Waals surface area contributed by atoms with E-state index in [1.807, 2.05) is 0 Å². The van der Waals surface area contributed by atoms with Gasteiger partial charge < -0.3 is 0 Å². The van der Waals surface area contributed by atoms with Gasteiger partial charge in [0.05, 0.1) is 5.75 Å². The van der Waals surface area contributed by atoms with E-state index in [0.29, 0.717) is 12.3 Å². The van der Waals surface area contributed by atoms with Crippen molar-refractivity contribution in [1.29, 1.82) is 0 Å². The third kappa shape index (κ3) is 4.80. The summed E-state index contributed by atoms with van der Waals surface area (Å²) in [5.41, 5.74) is 0.202. The predicted molar refractivity (Wildman–Crippen MR) is 65.1 cm³/mol. The van der Waals surface area contributed by atoms with Crippen molar-refractivity contribution in [3.8, 4) is 0 Å². The third-order valence-electron chi connectivity index (χ3n) is 3.35. The molecule has 0 radical (unpaired) electrons. The largest absolute Gasteiger partial charge is 0.298 e. The summed E-state index contributed by atoms with van der Waals surface area (Å²) in [6, 6.07) is 0. The number of piperidine rings is 1. The Kier molecular flexibility index (Phi) is 4.37. The molecule has 0 aromatic heterocycles. The van der Waals surface area contributed by atoms with Crippen molar-refractivity contribution >= 4 is 10.1 Å². The molecule has 1 rings (SSSR count). The van der Waals surface area contributed by atoms with Crippen molar-refractivity contribution in [1.82, 2.24) is 4.90 Å². The molecule has 1 aliphatic rings. The lowest BCUT2D eigenvalue weighted by Gasteiger charge is -2.40. The van der Waals surface area contributed by atoms with Gasteiger partial charge in [-0.25, -0.2) is 0 Å². The molecule has 4 nitrogen and oxygen atoms in total. The lowest BCUT2D eigenvalue weighted by atomic mass is 9.91. The molecule has 0 saturated carbocycles. The molecule has 0 aromatic rings. The van der Waals surface area contributed by atoms with Crippen LogP contribution in [-0.4, -0.2) is 42.3 Å². The fraction of sp³-hybridized carbons (Fsp3) is 1.00. The summed E-state index contributed by atoms with van der Waals surface area (Å²) >= 11 is 0. The van der Waals surface area contributed by atoms with Gasteiger partial charge in [-0.1, -0.05) is 0 Å². The van der Waals surface area contributed by atoms with Crippen molar-refractivity contribution in [2.24, 2.45) is 5.92 Å². The first-order valence-corrected chi connectivity index (χ1v) is 7.49. The van der Waals surface area contributed by atoms with Crippen LogP contribution in [0.1, 0.15) is 40.0 Å². The average Bonchev–Trinajstić information content (AvgIpc) is 2.13. The standard InChI is InChI=1S/C11H23NO3S/c1-11(2,3)12-7-4-10(5-8-12)6-9-16(13,14)15/h10H,4-9H2,1-3H3,(H,13,14,15). The molecule has 96 valence electrons. The monoisotopic (exact) mass is 249 g/mol. The smallest absolute Gasteiger partial charge is 0.264 e. The fourth-order valence-corrected chi connectivity index (χ4v) is 2.84. The molecule has 1 heterocycles. The Morgan fingerprint density at radius 1 is 1.25 bits per heavy atom. The summed E-state index contributed by atoms with van der Waals surface area (Å²) in [7, 11) is -3.78. The summed E-state index contributed by atoms with van der Waals surface area (Å²) in [5.74, 6) is 0.355. The van der Waals surface area contributed by atoms with Crippen LogP contribution in [0.3, 0.4) is 0 Å². The highest BCUT2D eigenvalue weighted by Crippen LogP contribution is 2.25. The second-order valence-electron chi connectivity index (χ2n) is 5.68. The highest BCUT2D eigenvalue weighted by molar-refractivity contribution is 7.85. The van der Waals surface area contributed by atoms with Crippen molar-refractivity contribution < 1.29 is 13.0 Å². The molecule has 1 fully saturated rings. The Balaban J connectivity index is 2.33. The van der Waals surface area contributed by atoms with Crippen molar-refractivity contribution in [2.45, 2.75) is 45.6 Å². The summed E-state index contributed by atoms with van der Waals surface area (Å²) < 4.78 is 30.0. The van der Waals surface area contributed by atoms with Crippen LogP contribution in [0.2, 0.25) is 0 Å². The van der Waals surface area contributed by atoms with E-state index in [9.17, 15) is 8.42 Å². The minimum atomic E-state index is -3.78. The molecule has 16 heavy (non-hydrogen) atoms. The van der Waals surface area contributed by atoms with E-state index in [4.69, 9.17) is 4.55 Å². The van der Waals surface area contributed by atoms with Crippen molar-refractivity contribution in [2.75, 3.05) is 18.8 Å². The number of likely N-dealkylation sites (tertiary alicyclic amines) is 1. The van der Waals surface area contributed by atoms with Gasteiger partial charge in [-0.05, 0) is 59.0 Å². The molecule has 5 heteroatoms. The Morgan fingerprint density at radius 3 is 2.12 bits per heavy atom. The van der Waals surface area contributed by atoms with Crippen LogP contribution in [0.5, 0.6) is 0 Å². The summed E-state index contributed by atoms with van der Waals surface area (Å²) in [5, 5.41) is 0. The van der Waals surface area contributed by atoms with E-state index in [2.05, 4.69) is 25.7 Å². The molecule has 0 unspecified atom stereocenters. The zero-order valence-electron chi connectivity index (χ0n) is 10.4. The molecule has 1 saturated heterocycles. The van der Waals surface area contributed by atoms with Gasteiger partial charge in [-0.3, -0.25) is 9.45 Å². The molecule has 0 amide bonds. The van der Waals surface area contributed by atoms with E-state index < -0.39 is 10.1 Å². The van der Waals surface area contributed by atoms with E-state index in [1.165, 1.54) is 0 Å². The highest BCUT2D eigenvalue weighted by atomic mass is 32.2. The second-order valence-corrected chi connectivity index (χ2v) is 7.25. The average molecular weight is 249 g/mol. The summed E-state index contributed by atoms with van der Waals surface area (Å²) in [6.07, 6.45) is 2.66. The number of hydrogen-bond acceptors (Lipinski definition) is 3. The molecule has 1 N–H and O–H groups in total. The topological polar surface area (TPSA) is 57.6 Å². The van der Waals surface area contributed by atoms with E-state index >= 15 is 0 Å². The van der Waals surface area contributed by atoms with Gasteiger partial charge in [0, 0.05) is 5.54 Å². The summed E-state index contributed by atoms with van der Waals surface area (Å²) in [6.45, 7) is 8.65. The van der Waals surface area contributed by atoms with Gasteiger partial charge >= 0.3 is 0 Å². The molecular formula is C11H23NO3S. The lowest BCUT2D eigenvalue weighted by Crippen LogP contribution is -2.46. The Hall–Kier alpha value is -0.130. The molecular weight excluding hydrogens is 226 g/mol. The first kappa shape index (κ1) is 13.9. The number of hydrogen-bond donors (Lipinski definition) is 1. The number of nitrogens with zero attached hydrogens (tertiary/aromatic N) is 1. The molecule has 0 spiro atoms. The van der Waals surface area contributed by atoms with Gasteiger partial charge in [0.25, 0.3) is 10.1 Å². The van der Waals surface area contributed by atoms with Crippen LogP contribution in [-0.2, 0) is 10.1 Å². The zero-order valence-corrected chi connectivity index (χ0v) is 11.3. The molecule has 0 bridgehead atoms. The van der Waals surface area contributed by atoms with E-state index in [0.717, 1.165) is 25.9 Å². The normalized spacial score (nSPS) is 21.2. The summed E-state index contributed by atoms with van der Waals surface area (Å²) in [4.78, 5) is 2.43. The zero-order chi connectivity index (χ0) is 12.4. The van der Waals surface area contributed by atoms with Gasteiger partial charge in [0.2, 0.25) is 0 Å². The minimum absolute atomic E-state index is 0.0901. The fourth-order valence-electron chi connectivity index (χ4n) is 2.21. The molecule has 0 aromatic carbocycles. The van der Waals surface area contributed by atoms with Crippen molar-refractivity contribution in [3.63, 3.8) is 0 Å². The maximum absolute atomic E-state index is 10.6. The Morgan fingerprint density at radius 2 is 1.75 bits per heavy atom. The van der Waals surface area contributed by atoms with E-state index in [-0.39, 0.29) is 11.3 Å². The van der Waals surface area contributed by atoms with E-state index in [1.54, 1.807) is 0 Å². The Labute approximate surface area is 98.8 Å². The van der Waals surface area contributed by atoms with Crippen LogP contribution < -0.4 is 0 Å². The van der Waals surface area contributed by atoms with Crippen LogP contribution >= 0.6 is 0 Å². The van der Waals surface area contributed by atoms with Crippen LogP contribution in [0.15, 0.2) is 0 Å². The van der Waals surface area contributed by atoms with Gasteiger partial charge in [0.1, 0.15) is 0 Å². The first-order chi connectivity index (χ1) is 7.18. The van der Waals surface area contributed by atoms with Crippen LogP contribution in [0, 0.1) is 5.92 Å². The molecule has 1 aliphatic heterocycles. The Bertz CT molecular complexity index is 311.